The summed E-state index contributed by atoms with van der Waals surface area (Å²) in [5.74, 6) is -1.42. The maximum atomic E-state index is 11.1. The summed E-state index contributed by atoms with van der Waals surface area (Å²) in [4.78, 5) is 19.4. The molecular formula is C8H9N2NaO7S. The molecule has 0 fully saturated rings. The predicted molar refractivity (Wildman–Crippen MR) is 57.4 cm³/mol. The van der Waals surface area contributed by atoms with Gasteiger partial charge in [0.05, 0.1) is 20.5 Å². The van der Waals surface area contributed by atoms with Gasteiger partial charge in [0.15, 0.2) is 0 Å². The van der Waals surface area contributed by atoms with E-state index in [4.69, 9.17) is 0 Å². The van der Waals surface area contributed by atoms with Crippen LogP contribution in [0, 0.1) is 26.1 Å². The predicted octanol–water partition coefficient (Wildman–Crippen LogP) is -2.73. The molecule has 0 N–H and O–H groups in total. The van der Waals surface area contributed by atoms with Crippen LogP contribution in [-0.4, -0.2) is 27.6 Å². The van der Waals surface area contributed by atoms with Gasteiger partial charge in [0.25, 0.3) is 0 Å². The van der Waals surface area contributed by atoms with Crippen molar-refractivity contribution >= 4 is 10.1 Å². The van der Waals surface area contributed by atoms with Crippen LogP contribution in [0.1, 0.15) is 13.8 Å². The average molecular weight is 300 g/mol. The van der Waals surface area contributed by atoms with Crippen LogP contribution >= 0.6 is 0 Å². The molecule has 19 heavy (non-hydrogen) atoms. The molecule has 0 saturated carbocycles. The van der Waals surface area contributed by atoms with Gasteiger partial charge in [-0.15, -0.1) is 0 Å². The molecule has 0 aromatic carbocycles. The van der Waals surface area contributed by atoms with Gasteiger partial charge >= 0.3 is 41.0 Å². The molecule has 1 rings (SSSR count). The van der Waals surface area contributed by atoms with Gasteiger partial charge in [-0.05, 0) is 6.92 Å². The minimum Gasteiger partial charge on any atom is -0.747 e. The topological polar surface area (TPSA) is 143 Å². The van der Waals surface area contributed by atoms with E-state index in [2.05, 4.69) is 0 Å². The monoisotopic (exact) mass is 300 g/mol. The van der Waals surface area contributed by atoms with Gasteiger partial charge in [-0.2, -0.15) is 0 Å². The standard InChI is InChI=1S/C8H10N2O7S.Na/c1-5-7(10(13)14)6(9(11)12)3-4-8(5,2)18(15,16)17;/h3-5H,1-2H3,(H,15,16,17);/q;+1/p-1. The molecule has 0 aliphatic heterocycles. The second-order valence-corrected chi connectivity index (χ2v) is 5.77. The molecule has 2 unspecified atom stereocenters. The summed E-state index contributed by atoms with van der Waals surface area (Å²) in [6, 6.07) is 0. The Morgan fingerprint density at radius 1 is 1.26 bits per heavy atom. The Hall–Kier alpha value is -0.810. The summed E-state index contributed by atoms with van der Waals surface area (Å²) >= 11 is 0. The third-order valence-corrected chi connectivity index (χ3v) is 4.60. The second kappa shape index (κ2) is 5.67. The van der Waals surface area contributed by atoms with Crippen LogP contribution in [0.25, 0.3) is 0 Å². The van der Waals surface area contributed by atoms with Gasteiger partial charge in [-0.3, -0.25) is 20.2 Å². The van der Waals surface area contributed by atoms with E-state index in [1.807, 2.05) is 0 Å². The fourth-order valence-electron chi connectivity index (χ4n) is 1.67. The fraction of sp³-hybridized carbons (Fsp3) is 0.500. The van der Waals surface area contributed by atoms with E-state index in [1.54, 1.807) is 0 Å². The van der Waals surface area contributed by atoms with Crippen molar-refractivity contribution in [1.82, 2.24) is 0 Å². The van der Waals surface area contributed by atoms with Crippen LogP contribution in [-0.2, 0) is 10.1 Å². The van der Waals surface area contributed by atoms with E-state index in [1.165, 1.54) is 0 Å². The minimum absolute atomic E-state index is 0. The normalized spacial score (nSPS) is 26.8. The number of rotatable bonds is 3. The molecule has 0 saturated heterocycles. The first-order valence-corrected chi connectivity index (χ1v) is 6.11. The molecule has 100 valence electrons. The van der Waals surface area contributed by atoms with E-state index in [9.17, 15) is 33.2 Å². The van der Waals surface area contributed by atoms with Gasteiger partial charge in [0.2, 0.25) is 0 Å². The fourth-order valence-corrected chi connectivity index (χ4v) is 2.45. The molecule has 0 aromatic heterocycles. The minimum atomic E-state index is -4.89. The molecule has 0 bridgehead atoms. The summed E-state index contributed by atoms with van der Waals surface area (Å²) in [6.07, 6.45) is 1.51. The zero-order chi connectivity index (χ0) is 14.3. The van der Waals surface area contributed by atoms with Crippen molar-refractivity contribution in [2.75, 3.05) is 0 Å². The van der Waals surface area contributed by atoms with Crippen molar-refractivity contribution in [3.8, 4) is 0 Å². The largest absolute Gasteiger partial charge is 1.00 e. The van der Waals surface area contributed by atoms with Crippen molar-refractivity contribution < 1.29 is 52.4 Å². The Morgan fingerprint density at radius 2 is 1.74 bits per heavy atom. The number of hydrogen-bond acceptors (Lipinski definition) is 7. The Morgan fingerprint density at radius 3 is 2.05 bits per heavy atom. The molecule has 11 heteroatoms. The summed E-state index contributed by atoms with van der Waals surface area (Å²) in [7, 11) is -4.89. The van der Waals surface area contributed by atoms with Crippen LogP contribution in [0.15, 0.2) is 23.5 Å². The summed E-state index contributed by atoms with van der Waals surface area (Å²) < 4.78 is 31.3. The van der Waals surface area contributed by atoms with Crippen LogP contribution in [0.4, 0.5) is 0 Å². The van der Waals surface area contributed by atoms with E-state index < -0.39 is 42.0 Å². The van der Waals surface area contributed by atoms with Crippen LogP contribution in [0.5, 0.6) is 0 Å². The van der Waals surface area contributed by atoms with Gasteiger partial charge in [-0.25, -0.2) is 8.42 Å². The molecule has 0 heterocycles. The van der Waals surface area contributed by atoms with Crippen molar-refractivity contribution in [1.29, 1.82) is 0 Å². The molecule has 1 aliphatic rings. The van der Waals surface area contributed by atoms with E-state index in [0.29, 0.717) is 6.08 Å². The van der Waals surface area contributed by atoms with Gasteiger partial charge in [0.1, 0.15) is 10.1 Å². The second-order valence-electron chi connectivity index (χ2n) is 3.98. The molecule has 0 spiro atoms. The van der Waals surface area contributed by atoms with Crippen molar-refractivity contribution in [3.63, 3.8) is 0 Å². The van der Waals surface area contributed by atoms with Crippen molar-refractivity contribution in [2.24, 2.45) is 5.92 Å². The first-order chi connectivity index (χ1) is 8.02. The van der Waals surface area contributed by atoms with Crippen LogP contribution in [0.2, 0.25) is 0 Å². The third kappa shape index (κ3) is 3.03. The molecule has 9 nitrogen and oxygen atoms in total. The zero-order valence-corrected chi connectivity index (χ0v) is 13.2. The third-order valence-electron chi connectivity index (χ3n) is 3.04. The Bertz CT molecular complexity index is 582. The van der Waals surface area contributed by atoms with Crippen LogP contribution in [0.3, 0.4) is 0 Å². The maximum absolute atomic E-state index is 11.1. The Kier molecular flexibility index (Phi) is 5.43. The smallest absolute Gasteiger partial charge is 0.747 e. The summed E-state index contributed by atoms with van der Waals surface area (Å²) in [5, 5.41) is 21.4. The summed E-state index contributed by atoms with van der Waals surface area (Å²) in [6.45, 7) is 2.09. The number of hydrogen-bond donors (Lipinski definition) is 0. The number of allylic oxidation sites excluding steroid dienone is 2. The molecule has 1 aliphatic carbocycles. The number of nitrogens with zero attached hydrogens (tertiary/aromatic N) is 2. The van der Waals surface area contributed by atoms with Crippen LogP contribution < -0.4 is 29.6 Å². The van der Waals surface area contributed by atoms with Gasteiger partial charge in [0, 0.05) is 6.08 Å². The van der Waals surface area contributed by atoms with E-state index in [0.717, 1.165) is 19.9 Å². The average Bonchev–Trinajstić information content (AvgIpc) is 2.19. The molecule has 2 atom stereocenters. The van der Waals surface area contributed by atoms with Crippen molar-refractivity contribution in [3.05, 3.63) is 43.8 Å². The van der Waals surface area contributed by atoms with E-state index in [-0.39, 0.29) is 29.6 Å². The molecule has 0 radical (unpaired) electrons. The first kappa shape index (κ1) is 18.2. The van der Waals surface area contributed by atoms with Crippen molar-refractivity contribution in [2.45, 2.75) is 18.6 Å². The number of nitro groups is 2. The molecule has 0 aromatic rings. The first-order valence-electron chi connectivity index (χ1n) is 4.70. The SMILES string of the molecule is CC1C([N+](=O)[O-])=C([N+](=O)[O-])C=CC1(C)S(=O)(=O)[O-].[Na+]. The summed E-state index contributed by atoms with van der Waals surface area (Å²) in [5.41, 5.74) is -1.70. The Labute approximate surface area is 130 Å². The van der Waals surface area contributed by atoms with E-state index >= 15 is 0 Å². The van der Waals surface area contributed by atoms with Gasteiger partial charge in [-0.1, -0.05) is 13.0 Å². The maximum Gasteiger partial charge on any atom is 1.00 e. The quantitative estimate of drug-likeness (QED) is 0.238. The zero-order valence-electron chi connectivity index (χ0n) is 10.4. The molecule has 0 amide bonds. The molecular weight excluding hydrogens is 291 g/mol. The Balaban J connectivity index is 0.00000324. The van der Waals surface area contributed by atoms with Gasteiger partial charge < -0.3 is 4.55 Å².